The minimum Gasteiger partial charge on any atom is -0.340 e. The Morgan fingerprint density at radius 2 is 1.68 bits per heavy atom. The predicted octanol–water partition coefficient (Wildman–Crippen LogP) is 6.04. The first-order valence-electron chi connectivity index (χ1n) is 7.27. The molecule has 1 heterocycles. The van der Waals surface area contributed by atoms with Gasteiger partial charge in [-0.1, -0.05) is 46.9 Å². The highest BCUT2D eigenvalue weighted by molar-refractivity contribution is 6.42. The van der Waals surface area contributed by atoms with Gasteiger partial charge in [-0.25, -0.2) is 4.98 Å². The minimum atomic E-state index is -0.330. The van der Waals surface area contributed by atoms with Crippen molar-refractivity contribution in [2.24, 2.45) is 0 Å². The molecular formula is C18H12Cl3N3O. The average Bonchev–Trinajstić information content (AvgIpc) is 2.60. The van der Waals surface area contributed by atoms with Crippen LogP contribution in [0, 0.1) is 0 Å². The molecule has 0 fully saturated rings. The molecule has 126 valence electrons. The summed E-state index contributed by atoms with van der Waals surface area (Å²) in [4.78, 5) is 16.8. The second-order valence-electron chi connectivity index (χ2n) is 5.09. The molecule has 0 aliphatic heterocycles. The number of halogens is 3. The van der Waals surface area contributed by atoms with Gasteiger partial charge in [-0.3, -0.25) is 4.79 Å². The van der Waals surface area contributed by atoms with Gasteiger partial charge in [-0.05, 0) is 42.5 Å². The largest absolute Gasteiger partial charge is 0.340 e. The van der Waals surface area contributed by atoms with E-state index in [0.717, 1.165) is 0 Å². The van der Waals surface area contributed by atoms with Crippen LogP contribution in [-0.4, -0.2) is 10.9 Å². The molecule has 0 saturated heterocycles. The molecule has 1 amide bonds. The molecule has 3 aromatic rings. The Bertz CT molecular complexity index is 931. The lowest BCUT2D eigenvalue weighted by molar-refractivity contribution is 0.102. The second-order valence-corrected chi connectivity index (χ2v) is 6.31. The molecule has 2 N–H and O–H groups in total. The number of benzene rings is 2. The molecule has 4 nitrogen and oxygen atoms in total. The van der Waals surface area contributed by atoms with E-state index in [9.17, 15) is 4.79 Å². The van der Waals surface area contributed by atoms with Crippen LogP contribution < -0.4 is 10.6 Å². The highest BCUT2D eigenvalue weighted by atomic mass is 35.5. The van der Waals surface area contributed by atoms with E-state index in [4.69, 9.17) is 34.8 Å². The second kappa shape index (κ2) is 7.74. The number of nitrogens with one attached hydrogen (secondary N) is 2. The van der Waals surface area contributed by atoms with Gasteiger partial charge in [0.25, 0.3) is 5.91 Å². The summed E-state index contributed by atoms with van der Waals surface area (Å²) < 4.78 is 0. The average molecular weight is 393 g/mol. The Morgan fingerprint density at radius 1 is 0.880 bits per heavy atom. The molecule has 0 atom stereocenters. The third-order valence-corrected chi connectivity index (χ3v) is 4.43. The van der Waals surface area contributed by atoms with Crippen LogP contribution in [0.25, 0.3) is 0 Å². The van der Waals surface area contributed by atoms with Gasteiger partial charge in [-0.2, -0.15) is 0 Å². The number of para-hydroxylation sites is 1. The van der Waals surface area contributed by atoms with Crippen LogP contribution in [0.1, 0.15) is 10.4 Å². The van der Waals surface area contributed by atoms with E-state index in [1.54, 1.807) is 60.8 Å². The van der Waals surface area contributed by atoms with Crippen molar-refractivity contribution in [1.29, 1.82) is 0 Å². The number of anilines is 3. The highest BCUT2D eigenvalue weighted by Gasteiger charge is 2.14. The summed E-state index contributed by atoms with van der Waals surface area (Å²) in [6, 6.07) is 15.4. The van der Waals surface area contributed by atoms with Crippen LogP contribution in [0.2, 0.25) is 15.1 Å². The van der Waals surface area contributed by atoms with Crippen molar-refractivity contribution in [3.05, 3.63) is 81.4 Å². The summed E-state index contributed by atoms with van der Waals surface area (Å²) in [5.41, 5.74) is 1.56. The maximum absolute atomic E-state index is 12.6. The van der Waals surface area contributed by atoms with E-state index in [0.29, 0.717) is 37.8 Å². The maximum Gasteiger partial charge on any atom is 0.259 e. The standard InChI is InChI=1S/C18H12Cl3N3O/c19-13-8-7-11(10-15(13)21)23-17-12(4-3-9-22-17)18(25)24-16-6-2-1-5-14(16)20/h1-10H,(H,22,23)(H,24,25). The Morgan fingerprint density at radius 3 is 2.44 bits per heavy atom. The molecule has 0 unspecified atom stereocenters. The molecule has 0 aliphatic rings. The predicted molar refractivity (Wildman–Crippen MR) is 103 cm³/mol. The van der Waals surface area contributed by atoms with Gasteiger partial charge in [0.1, 0.15) is 5.82 Å². The van der Waals surface area contributed by atoms with Crippen molar-refractivity contribution in [1.82, 2.24) is 4.98 Å². The first kappa shape index (κ1) is 17.5. The zero-order chi connectivity index (χ0) is 17.8. The van der Waals surface area contributed by atoms with Gasteiger partial charge in [-0.15, -0.1) is 0 Å². The number of nitrogens with zero attached hydrogens (tertiary/aromatic N) is 1. The van der Waals surface area contributed by atoms with Gasteiger partial charge < -0.3 is 10.6 Å². The quantitative estimate of drug-likeness (QED) is 0.569. The molecular weight excluding hydrogens is 381 g/mol. The fourth-order valence-electron chi connectivity index (χ4n) is 2.15. The molecule has 0 aliphatic carbocycles. The highest BCUT2D eigenvalue weighted by Crippen LogP contribution is 2.28. The van der Waals surface area contributed by atoms with Gasteiger partial charge in [0, 0.05) is 11.9 Å². The lowest BCUT2D eigenvalue weighted by Crippen LogP contribution is -2.14. The summed E-state index contributed by atoms with van der Waals surface area (Å²) in [6.07, 6.45) is 1.59. The topological polar surface area (TPSA) is 54.0 Å². The van der Waals surface area contributed by atoms with Gasteiger partial charge >= 0.3 is 0 Å². The molecule has 3 rings (SSSR count). The molecule has 0 saturated carbocycles. The Hall–Kier alpha value is -2.27. The molecule has 0 spiro atoms. The molecule has 1 aromatic heterocycles. The number of carbonyl (C=O) groups is 1. The third kappa shape index (κ3) is 4.23. The van der Waals surface area contributed by atoms with Crippen molar-refractivity contribution >= 4 is 57.9 Å². The zero-order valence-electron chi connectivity index (χ0n) is 12.8. The Kier molecular flexibility index (Phi) is 5.43. The van der Waals surface area contributed by atoms with Crippen molar-refractivity contribution in [2.75, 3.05) is 10.6 Å². The monoisotopic (exact) mass is 391 g/mol. The number of hydrogen-bond donors (Lipinski definition) is 2. The number of rotatable bonds is 4. The van der Waals surface area contributed by atoms with Gasteiger partial charge in [0.05, 0.1) is 26.3 Å². The lowest BCUT2D eigenvalue weighted by Gasteiger charge is -2.12. The van der Waals surface area contributed by atoms with Crippen LogP contribution >= 0.6 is 34.8 Å². The number of carbonyl (C=O) groups excluding carboxylic acids is 1. The normalized spacial score (nSPS) is 10.4. The van der Waals surface area contributed by atoms with Crippen LogP contribution in [-0.2, 0) is 0 Å². The van der Waals surface area contributed by atoms with E-state index in [-0.39, 0.29) is 5.91 Å². The number of amides is 1. The Labute approximate surface area is 159 Å². The number of pyridine rings is 1. The number of aromatic nitrogens is 1. The van der Waals surface area contributed by atoms with Crippen LogP contribution in [0.3, 0.4) is 0 Å². The van der Waals surface area contributed by atoms with E-state index < -0.39 is 0 Å². The van der Waals surface area contributed by atoms with E-state index in [1.165, 1.54) is 0 Å². The molecule has 25 heavy (non-hydrogen) atoms. The van der Waals surface area contributed by atoms with Crippen LogP contribution in [0.15, 0.2) is 60.8 Å². The van der Waals surface area contributed by atoms with E-state index in [2.05, 4.69) is 15.6 Å². The van der Waals surface area contributed by atoms with Crippen LogP contribution in [0.5, 0.6) is 0 Å². The molecule has 2 aromatic carbocycles. The fraction of sp³-hybridized carbons (Fsp3) is 0. The SMILES string of the molecule is O=C(Nc1ccccc1Cl)c1cccnc1Nc1ccc(Cl)c(Cl)c1. The summed E-state index contributed by atoms with van der Waals surface area (Å²) in [7, 11) is 0. The van der Waals surface area contributed by atoms with Crippen molar-refractivity contribution in [2.45, 2.75) is 0 Å². The fourth-order valence-corrected chi connectivity index (χ4v) is 2.63. The summed E-state index contributed by atoms with van der Waals surface area (Å²) in [5, 5.41) is 7.16. The zero-order valence-corrected chi connectivity index (χ0v) is 15.0. The molecule has 0 bridgehead atoms. The first-order valence-corrected chi connectivity index (χ1v) is 8.41. The Balaban J connectivity index is 1.86. The minimum absolute atomic E-state index is 0.330. The van der Waals surface area contributed by atoms with Crippen molar-refractivity contribution < 1.29 is 4.79 Å². The smallest absolute Gasteiger partial charge is 0.259 e. The van der Waals surface area contributed by atoms with Crippen molar-refractivity contribution in [3.63, 3.8) is 0 Å². The van der Waals surface area contributed by atoms with Crippen molar-refractivity contribution in [3.8, 4) is 0 Å². The maximum atomic E-state index is 12.6. The summed E-state index contributed by atoms with van der Waals surface area (Å²) in [6.45, 7) is 0. The first-order chi connectivity index (χ1) is 12.0. The van der Waals surface area contributed by atoms with Gasteiger partial charge in [0.2, 0.25) is 0 Å². The van der Waals surface area contributed by atoms with E-state index >= 15 is 0 Å². The lowest BCUT2D eigenvalue weighted by atomic mass is 10.2. The number of hydrogen-bond acceptors (Lipinski definition) is 3. The van der Waals surface area contributed by atoms with Gasteiger partial charge in [0.15, 0.2) is 0 Å². The molecule has 0 radical (unpaired) electrons. The summed E-state index contributed by atoms with van der Waals surface area (Å²) >= 11 is 18.0. The summed E-state index contributed by atoms with van der Waals surface area (Å²) in [5.74, 6) is 0.0641. The molecule has 7 heteroatoms. The van der Waals surface area contributed by atoms with Crippen LogP contribution in [0.4, 0.5) is 17.2 Å². The van der Waals surface area contributed by atoms with E-state index in [1.807, 2.05) is 0 Å². The third-order valence-electron chi connectivity index (χ3n) is 3.36.